The number of nitrogens with one attached hydrogen (secondary N) is 1. The summed E-state index contributed by atoms with van der Waals surface area (Å²) in [7, 11) is 0. The topological polar surface area (TPSA) is 86.3 Å². The van der Waals surface area contributed by atoms with Crippen LogP contribution in [0.4, 0.5) is 5.69 Å². The van der Waals surface area contributed by atoms with Gasteiger partial charge in [-0.05, 0) is 67.0 Å². The predicted molar refractivity (Wildman–Crippen MR) is 125 cm³/mol. The van der Waals surface area contributed by atoms with Crippen LogP contribution in [-0.2, 0) is 17.6 Å². The van der Waals surface area contributed by atoms with Crippen molar-refractivity contribution in [2.75, 3.05) is 31.1 Å². The second-order valence-corrected chi connectivity index (χ2v) is 8.48. The van der Waals surface area contributed by atoms with E-state index in [1.165, 1.54) is 23.7 Å². The Bertz CT molecular complexity index is 948. The van der Waals surface area contributed by atoms with Crippen molar-refractivity contribution in [3.8, 4) is 0 Å². The summed E-state index contributed by atoms with van der Waals surface area (Å²) in [5.41, 5.74) is 10.9. The van der Waals surface area contributed by atoms with Crippen molar-refractivity contribution in [3.63, 3.8) is 0 Å². The molecule has 6 nitrogen and oxygen atoms in total. The summed E-state index contributed by atoms with van der Waals surface area (Å²) in [4.78, 5) is 21.4. The molecule has 1 amide bonds. The number of piperidine rings is 1. The lowest BCUT2D eigenvalue weighted by Gasteiger charge is -2.38. The van der Waals surface area contributed by atoms with Gasteiger partial charge in [0.05, 0.1) is 6.42 Å². The molecule has 0 aliphatic carbocycles. The molecule has 1 saturated heterocycles. The maximum Gasteiger partial charge on any atom is 0.228 e. The number of aryl methyl sites for hydroxylation is 1. The number of allylic oxidation sites excluding steroid dienone is 1. The molecule has 4 rings (SSSR count). The molecule has 0 spiro atoms. The molecule has 1 aromatic heterocycles. The number of carbonyl (C=O) groups is 1. The molecule has 2 aliphatic rings. The van der Waals surface area contributed by atoms with E-state index < -0.39 is 0 Å². The number of amides is 1. The minimum atomic E-state index is 0.183. The number of carbonyl (C=O) groups excluding carboxylic acids is 1. The third kappa shape index (κ3) is 4.95. The molecular weight excluding hydrogens is 386 g/mol. The van der Waals surface area contributed by atoms with Crippen LogP contribution in [0, 0.1) is 11.3 Å². The van der Waals surface area contributed by atoms with Crippen LogP contribution in [0.5, 0.6) is 0 Å². The first-order chi connectivity index (χ1) is 15.2. The second-order valence-electron chi connectivity index (χ2n) is 8.48. The molecule has 162 valence electrons. The van der Waals surface area contributed by atoms with E-state index in [4.69, 9.17) is 11.1 Å². The maximum atomic E-state index is 12.6. The summed E-state index contributed by atoms with van der Waals surface area (Å²) in [6.07, 6.45) is 9.25. The highest BCUT2D eigenvalue weighted by atomic mass is 16.2. The Morgan fingerprint density at radius 3 is 2.74 bits per heavy atom. The highest BCUT2D eigenvalue weighted by Crippen LogP contribution is 2.31. The first-order valence-corrected chi connectivity index (χ1v) is 11.2. The Balaban J connectivity index is 1.34. The summed E-state index contributed by atoms with van der Waals surface area (Å²) in [5, 5.41) is 7.54. The Morgan fingerprint density at radius 1 is 1.19 bits per heavy atom. The van der Waals surface area contributed by atoms with E-state index in [2.05, 4.69) is 28.1 Å². The van der Waals surface area contributed by atoms with Crippen molar-refractivity contribution < 1.29 is 4.79 Å². The molecule has 2 aromatic rings. The third-order valence-corrected chi connectivity index (χ3v) is 6.47. The van der Waals surface area contributed by atoms with Gasteiger partial charge < -0.3 is 20.9 Å². The van der Waals surface area contributed by atoms with E-state index in [1.54, 1.807) is 6.20 Å². The zero-order chi connectivity index (χ0) is 21.6. The Kier molecular flexibility index (Phi) is 6.65. The summed E-state index contributed by atoms with van der Waals surface area (Å²) in [6.45, 7) is 3.79. The Hall–Kier alpha value is -3.15. The fourth-order valence-electron chi connectivity index (χ4n) is 4.72. The van der Waals surface area contributed by atoms with Gasteiger partial charge in [0.15, 0.2) is 0 Å². The zero-order valence-electron chi connectivity index (χ0n) is 18.0. The van der Waals surface area contributed by atoms with Gasteiger partial charge >= 0.3 is 0 Å². The van der Waals surface area contributed by atoms with E-state index in [9.17, 15) is 4.79 Å². The standard InChI is InChI=1S/C25H31N5O/c26-16-22(17-27)20-6-7-24-21(14-20)4-3-11-30(24)18-19-8-12-29(13-9-19)25(31)15-23-5-1-2-10-28-23/h1-2,5-7,10,14,16-17,19,26H,3-4,8-9,11-13,15,18,27H2. The van der Waals surface area contributed by atoms with Crippen LogP contribution in [0.2, 0.25) is 0 Å². The average Bonchev–Trinajstić information content (AvgIpc) is 2.81. The number of nitrogens with zero attached hydrogens (tertiary/aromatic N) is 3. The molecule has 1 aromatic carbocycles. The quantitative estimate of drug-likeness (QED) is 0.707. The van der Waals surface area contributed by atoms with Crippen molar-refractivity contribution in [2.24, 2.45) is 11.7 Å². The number of nitrogens with two attached hydrogens (primary N) is 1. The lowest BCUT2D eigenvalue weighted by atomic mass is 9.92. The van der Waals surface area contributed by atoms with Gasteiger partial charge in [-0.15, -0.1) is 0 Å². The minimum absolute atomic E-state index is 0.183. The first-order valence-electron chi connectivity index (χ1n) is 11.2. The van der Waals surface area contributed by atoms with Crippen molar-refractivity contribution in [2.45, 2.75) is 32.1 Å². The number of benzene rings is 1. The minimum Gasteiger partial charge on any atom is -0.404 e. The summed E-state index contributed by atoms with van der Waals surface area (Å²) >= 11 is 0. The van der Waals surface area contributed by atoms with Crippen LogP contribution in [0.1, 0.15) is 36.1 Å². The molecule has 1 fully saturated rings. The molecule has 2 aliphatic heterocycles. The number of hydrogen-bond acceptors (Lipinski definition) is 5. The van der Waals surface area contributed by atoms with E-state index in [0.717, 1.165) is 68.7 Å². The van der Waals surface area contributed by atoms with Crippen LogP contribution < -0.4 is 10.6 Å². The zero-order valence-corrected chi connectivity index (χ0v) is 18.0. The highest BCUT2D eigenvalue weighted by molar-refractivity contribution is 6.08. The highest BCUT2D eigenvalue weighted by Gasteiger charge is 2.26. The third-order valence-electron chi connectivity index (χ3n) is 6.47. The molecule has 3 heterocycles. The molecular formula is C25H31N5O. The van der Waals surface area contributed by atoms with E-state index in [1.807, 2.05) is 23.1 Å². The van der Waals surface area contributed by atoms with Gasteiger partial charge in [0.25, 0.3) is 0 Å². The summed E-state index contributed by atoms with van der Waals surface area (Å²) < 4.78 is 0. The van der Waals surface area contributed by atoms with Crippen molar-refractivity contribution in [3.05, 3.63) is 65.6 Å². The fourth-order valence-corrected chi connectivity index (χ4v) is 4.72. The van der Waals surface area contributed by atoms with Crippen LogP contribution in [0.3, 0.4) is 0 Å². The average molecular weight is 418 g/mol. The molecule has 0 unspecified atom stereocenters. The lowest BCUT2D eigenvalue weighted by molar-refractivity contribution is -0.131. The van der Waals surface area contributed by atoms with Gasteiger partial charge in [-0.3, -0.25) is 9.78 Å². The number of fused-ring (bicyclic) bond motifs is 1. The maximum absolute atomic E-state index is 12.6. The molecule has 0 radical (unpaired) electrons. The van der Waals surface area contributed by atoms with Crippen molar-refractivity contribution in [1.82, 2.24) is 9.88 Å². The Labute approximate surface area is 184 Å². The summed E-state index contributed by atoms with van der Waals surface area (Å²) in [6, 6.07) is 12.2. The number of rotatable bonds is 6. The first kappa shape index (κ1) is 21.1. The molecule has 0 saturated carbocycles. The van der Waals surface area contributed by atoms with E-state index in [0.29, 0.717) is 12.3 Å². The van der Waals surface area contributed by atoms with Gasteiger partial charge in [0.2, 0.25) is 5.91 Å². The monoisotopic (exact) mass is 417 g/mol. The van der Waals surface area contributed by atoms with E-state index in [-0.39, 0.29) is 5.91 Å². The van der Waals surface area contributed by atoms with Crippen molar-refractivity contribution >= 4 is 23.4 Å². The predicted octanol–water partition coefficient (Wildman–Crippen LogP) is 3.26. The van der Waals surface area contributed by atoms with Gasteiger partial charge in [0.1, 0.15) is 0 Å². The number of likely N-dealkylation sites (tertiary alicyclic amines) is 1. The molecule has 31 heavy (non-hydrogen) atoms. The number of aromatic nitrogens is 1. The van der Waals surface area contributed by atoms with Crippen LogP contribution in [0.25, 0.3) is 5.57 Å². The normalized spacial score (nSPS) is 17.4. The Morgan fingerprint density at radius 2 is 2.03 bits per heavy atom. The molecule has 0 bridgehead atoms. The van der Waals surface area contributed by atoms with Crippen LogP contribution in [0.15, 0.2) is 48.8 Å². The van der Waals surface area contributed by atoms with Gasteiger partial charge in [-0.2, -0.15) is 0 Å². The summed E-state index contributed by atoms with van der Waals surface area (Å²) in [5.74, 6) is 0.786. The van der Waals surface area contributed by atoms with E-state index >= 15 is 0 Å². The smallest absolute Gasteiger partial charge is 0.228 e. The number of pyridine rings is 1. The van der Waals surface area contributed by atoms with Crippen LogP contribution >= 0.6 is 0 Å². The molecule has 0 atom stereocenters. The lowest BCUT2D eigenvalue weighted by Crippen LogP contribution is -2.43. The SMILES string of the molecule is N=CC(=CN)c1ccc2c(c1)CCCN2CC1CCN(C(=O)Cc2ccccn2)CC1. The van der Waals surface area contributed by atoms with Crippen LogP contribution in [-0.4, -0.2) is 48.2 Å². The fraction of sp³-hybridized carbons (Fsp3) is 0.400. The second kappa shape index (κ2) is 9.77. The number of anilines is 1. The number of hydrogen-bond donors (Lipinski definition) is 2. The van der Waals surface area contributed by atoms with Crippen molar-refractivity contribution in [1.29, 1.82) is 5.41 Å². The molecule has 3 N–H and O–H groups in total. The van der Waals surface area contributed by atoms with Gasteiger partial charge in [-0.25, -0.2) is 0 Å². The van der Waals surface area contributed by atoms with Gasteiger partial charge in [0, 0.05) is 61.7 Å². The van der Waals surface area contributed by atoms with Gasteiger partial charge in [-0.1, -0.05) is 12.1 Å². The largest absolute Gasteiger partial charge is 0.404 e. The molecule has 6 heteroatoms.